The fourth-order valence-electron chi connectivity index (χ4n) is 3.03. The van der Waals surface area contributed by atoms with Crippen LogP contribution in [0.3, 0.4) is 0 Å². The predicted molar refractivity (Wildman–Crippen MR) is 84.3 cm³/mol. The molecule has 21 heavy (non-hydrogen) atoms. The average molecular weight is 283 g/mol. The Bertz CT molecular complexity index is 686. The Hall–Kier alpha value is -1.94. The Morgan fingerprint density at radius 3 is 2.43 bits per heavy atom. The van der Waals surface area contributed by atoms with Crippen molar-refractivity contribution in [3.8, 4) is 11.3 Å². The van der Waals surface area contributed by atoms with Crippen LogP contribution in [-0.2, 0) is 19.4 Å². The zero-order valence-corrected chi connectivity index (χ0v) is 12.6. The number of nitrogens with one attached hydrogen (secondary N) is 1. The topological polar surface area (TPSA) is 49.0 Å². The highest BCUT2D eigenvalue weighted by atomic mass is 16.1. The molecule has 0 fully saturated rings. The molecule has 1 N–H and O–H groups in total. The van der Waals surface area contributed by atoms with Crippen LogP contribution < -0.4 is 5.56 Å². The quantitative estimate of drug-likeness (QED) is 0.941. The van der Waals surface area contributed by atoms with Crippen LogP contribution in [0.4, 0.5) is 0 Å². The summed E-state index contributed by atoms with van der Waals surface area (Å²) in [6.45, 7) is 0.928. The maximum absolute atomic E-state index is 11.9. The fourth-order valence-corrected chi connectivity index (χ4v) is 3.03. The Morgan fingerprint density at radius 2 is 1.76 bits per heavy atom. The summed E-state index contributed by atoms with van der Waals surface area (Å²) >= 11 is 0. The van der Waals surface area contributed by atoms with Gasteiger partial charge >= 0.3 is 0 Å². The van der Waals surface area contributed by atoms with Gasteiger partial charge in [-0.3, -0.25) is 4.79 Å². The van der Waals surface area contributed by atoms with Crippen LogP contribution in [0, 0.1) is 0 Å². The largest absolute Gasteiger partial charge is 0.305 e. The number of rotatable bonds is 3. The van der Waals surface area contributed by atoms with Crippen LogP contribution in [-0.4, -0.2) is 29.2 Å². The van der Waals surface area contributed by atoms with E-state index in [1.165, 1.54) is 5.56 Å². The molecule has 0 bridgehead atoms. The van der Waals surface area contributed by atoms with Crippen molar-refractivity contribution in [2.45, 2.75) is 32.2 Å². The molecule has 1 aromatic carbocycles. The molecule has 0 aliphatic heterocycles. The highest BCUT2D eigenvalue weighted by Crippen LogP contribution is 2.27. The van der Waals surface area contributed by atoms with E-state index >= 15 is 0 Å². The van der Waals surface area contributed by atoms with Gasteiger partial charge in [-0.05, 0) is 50.9 Å². The second kappa shape index (κ2) is 5.82. The maximum Gasteiger partial charge on any atom is 0.267 e. The number of H-pyrrole nitrogens is 1. The first-order chi connectivity index (χ1) is 10.1. The van der Waals surface area contributed by atoms with E-state index in [-0.39, 0.29) is 5.56 Å². The second-order valence-corrected chi connectivity index (χ2v) is 6.00. The average Bonchev–Trinajstić information content (AvgIpc) is 2.48. The van der Waals surface area contributed by atoms with Gasteiger partial charge in [0.05, 0.1) is 5.69 Å². The van der Waals surface area contributed by atoms with E-state index < -0.39 is 0 Å². The number of hydrogen-bond donors (Lipinski definition) is 1. The minimum atomic E-state index is -0.0160. The molecule has 1 aromatic heterocycles. The molecular formula is C17H21N3O. The summed E-state index contributed by atoms with van der Waals surface area (Å²) in [4.78, 5) is 14.0. The highest BCUT2D eigenvalue weighted by molar-refractivity contribution is 5.64. The van der Waals surface area contributed by atoms with Crippen molar-refractivity contribution < 1.29 is 0 Å². The van der Waals surface area contributed by atoms with E-state index in [0.717, 1.165) is 54.6 Å². The number of hydrogen-bond acceptors (Lipinski definition) is 3. The maximum atomic E-state index is 11.9. The first-order valence-corrected chi connectivity index (χ1v) is 7.49. The summed E-state index contributed by atoms with van der Waals surface area (Å²) in [6, 6.07) is 8.48. The van der Waals surface area contributed by atoms with Gasteiger partial charge in [-0.2, -0.15) is 5.10 Å². The summed E-state index contributed by atoms with van der Waals surface area (Å²) in [5, 5.41) is 6.96. The van der Waals surface area contributed by atoms with Crippen LogP contribution >= 0.6 is 0 Å². The van der Waals surface area contributed by atoms with Crippen LogP contribution in [0.1, 0.15) is 29.5 Å². The highest BCUT2D eigenvalue weighted by Gasteiger charge is 2.18. The molecule has 4 heteroatoms. The van der Waals surface area contributed by atoms with E-state index in [4.69, 9.17) is 0 Å². The number of aromatic nitrogens is 2. The Morgan fingerprint density at radius 1 is 1.10 bits per heavy atom. The number of nitrogens with zero attached hydrogens (tertiary/aromatic N) is 2. The van der Waals surface area contributed by atoms with Gasteiger partial charge < -0.3 is 4.90 Å². The number of aromatic amines is 1. The third-order valence-corrected chi connectivity index (χ3v) is 4.02. The molecule has 110 valence electrons. The molecule has 0 saturated carbocycles. The van der Waals surface area contributed by atoms with Crippen molar-refractivity contribution >= 4 is 0 Å². The summed E-state index contributed by atoms with van der Waals surface area (Å²) in [7, 11) is 4.13. The monoisotopic (exact) mass is 283 g/mol. The normalized spacial score (nSPS) is 14.2. The molecule has 0 atom stereocenters. The molecule has 0 saturated heterocycles. The SMILES string of the molecule is CN(C)Cc1ccc(-c2n[nH]c(=O)c3c2CCCC3)cc1. The van der Waals surface area contributed by atoms with E-state index in [9.17, 15) is 4.79 Å². The summed E-state index contributed by atoms with van der Waals surface area (Å²) in [6.07, 6.45) is 4.07. The third kappa shape index (κ3) is 2.90. The van der Waals surface area contributed by atoms with Crippen molar-refractivity contribution in [1.82, 2.24) is 15.1 Å². The molecular weight excluding hydrogens is 262 g/mol. The minimum absolute atomic E-state index is 0.0160. The first kappa shape index (κ1) is 14.0. The molecule has 0 radical (unpaired) electrons. The van der Waals surface area contributed by atoms with E-state index in [0.29, 0.717) is 0 Å². The van der Waals surface area contributed by atoms with E-state index in [1.807, 2.05) is 0 Å². The minimum Gasteiger partial charge on any atom is -0.305 e. The number of benzene rings is 1. The molecule has 1 aliphatic carbocycles. The molecule has 0 amide bonds. The lowest BCUT2D eigenvalue weighted by molar-refractivity contribution is 0.402. The lowest BCUT2D eigenvalue weighted by Crippen LogP contribution is -2.21. The van der Waals surface area contributed by atoms with Gasteiger partial charge in [0.1, 0.15) is 0 Å². The molecule has 0 spiro atoms. The van der Waals surface area contributed by atoms with Crippen LogP contribution in [0.25, 0.3) is 11.3 Å². The molecule has 3 rings (SSSR count). The first-order valence-electron chi connectivity index (χ1n) is 7.49. The number of fused-ring (bicyclic) bond motifs is 1. The summed E-state index contributed by atoms with van der Waals surface area (Å²) in [5.41, 5.74) is 5.38. The van der Waals surface area contributed by atoms with Crippen molar-refractivity contribution in [3.63, 3.8) is 0 Å². The van der Waals surface area contributed by atoms with Crippen molar-refractivity contribution in [2.24, 2.45) is 0 Å². The van der Waals surface area contributed by atoms with Gasteiger partial charge in [0.15, 0.2) is 0 Å². The smallest absolute Gasteiger partial charge is 0.267 e. The summed E-state index contributed by atoms with van der Waals surface area (Å²) < 4.78 is 0. The Kier molecular flexibility index (Phi) is 3.88. The fraction of sp³-hybridized carbons (Fsp3) is 0.412. The third-order valence-electron chi connectivity index (χ3n) is 4.02. The van der Waals surface area contributed by atoms with Gasteiger partial charge in [-0.1, -0.05) is 24.3 Å². The van der Waals surface area contributed by atoms with Gasteiger partial charge in [0.2, 0.25) is 0 Å². The van der Waals surface area contributed by atoms with Gasteiger partial charge in [0.25, 0.3) is 5.56 Å². The zero-order chi connectivity index (χ0) is 14.8. The predicted octanol–water partition coefficient (Wildman–Crippen LogP) is 2.38. The zero-order valence-electron chi connectivity index (χ0n) is 12.6. The van der Waals surface area contributed by atoms with Gasteiger partial charge in [-0.25, -0.2) is 5.10 Å². The molecule has 1 heterocycles. The lowest BCUT2D eigenvalue weighted by Gasteiger charge is -2.17. The van der Waals surface area contributed by atoms with Crippen molar-refractivity contribution in [1.29, 1.82) is 0 Å². The standard InChI is InChI=1S/C17H21N3O/c1-20(2)11-12-7-9-13(10-8-12)16-14-5-3-4-6-15(14)17(21)19-18-16/h7-10H,3-6,11H2,1-2H3,(H,19,21). The lowest BCUT2D eigenvalue weighted by atomic mass is 9.90. The Labute approximate surface area is 124 Å². The molecule has 1 aliphatic rings. The van der Waals surface area contributed by atoms with Crippen LogP contribution in [0.15, 0.2) is 29.1 Å². The van der Waals surface area contributed by atoms with Crippen molar-refractivity contribution in [2.75, 3.05) is 14.1 Å². The summed E-state index contributed by atoms with van der Waals surface area (Å²) in [5.74, 6) is 0. The molecule has 0 unspecified atom stereocenters. The molecule has 2 aromatic rings. The van der Waals surface area contributed by atoms with Crippen LogP contribution in [0.2, 0.25) is 0 Å². The van der Waals surface area contributed by atoms with E-state index in [1.54, 1.807) is 0 Å². The van der Waals surface area contributed by atoms with Crippen LogP contribution in [0.5, 0.6) is 0 Å². The van der Waals surface area contributed by atoms with Gasteiger partial charge in [0, 0.05) is 17.7 Å². The molecule has 4 nitrogen and oxygen atoms in total. The Balaban J connectivity index is 1.99. The second-order valence-electron chi connectivity index (χ2n) is 6.00. The van der Waals surface area contributed by atoms with Gasteiger partial charge in [-0.15, -0.1) is 0 Å². The van der Waals surface area contributed by atoms with E-state index in [2.05, 4.69) is 53.5 Å². The van der Waals surface area contributed by atoms with Crippen molar-refractivity contribution in [3.05, 3.63) is 51.3 Å².